The smallest absolute Gasteiger partial charge is 0.255 e. The highest BCUT2D eigenvalue weighted by molar-refractivity contribution is 7.92. The molecular weight excluding hydrogens is 332 g/mol. The molecule has 7 heteroatoms. The monoisotopic (exact) mass is 352 g/mol. The Morgan fingerprint density at radius 2 is 1.96 bits per heavy atom. The first-order chi connectivity index (χ1) is 10.7. The summed E-state index contributed by atoms with van der Waals surface area (Å²) in [6, 6.07) is 6.35. The number of amides is 1. The van der Waals surface area contributed by atoms with Gasteiger partial charge in [0.2, 0.25) is 0 Å². The molecule has 1 amide bonds. The lowest BCUT2D eigenvalue weighted by atomic mass is 10.2. The van der Waals surface area contributed by atoms with Crippen molar-refractivity contribution in [3.63, 3.8) is 0 Å². The molecule has 0 fully saturated rings. The average molecular weight is 352 g/mol. The van der Waals surface area contributed by atoms with Gasteiger partial charge in [-0.25, -0.2) is 13.4 Å². The van der Waals surface area contributed by atoms with Gasteiger partial charge >= 0.3 is 0 Å². The fourth-order valence-electron chi connectivity index (χ4n) is 2.15. The zero-order valence-corrected chi connectivity index (χ0v) is 15.2. The number of aryl methyl sites for hydroxylation is 1. The first-order valence-electron chi connectivity index (χ1n) is 7.23. The van der Waals surface area contributed by atoms with Crippen molar-refractivity contribution < 1.29 is 13.2 Å². The summed E-state index contributed by atoms with van der Waals surface area (Å²) < 4.78 is 24.9. The molecule has 0 saturated carbocycles. The maximum atomic E-state index is 12.7. The van der Waals surface area contributed by atoms with E-state index in [2.05, 4.69) is 4.98 Å². The predicted octanol–water partition coefficient (Wildman–Crippen LogP) is 2.91. The normalized spacial score (nSPS) is 11.7. The predicted molar refractivity (Wildman–Crippen MR) is 91.4 cm³/mol. The van der Waals surface area contributed by atoms with Crippen LogP contribution >= 0.6 is 11.3 Å². The summed E-state index contributed by atoms with van der Waals surface area (Å²) in [5, 5.41) is 2.25. The molecule has 0 unspecified atom stereocenters. The highest BCUT2D eigenvalue weighted by atomic mass is 32.2. The molecule has 2 aromatic rings. The molecule has 0 atom stereocenters. The third-order valence-corrected chi connectivity index (χ3v) is 6.49. The lowest BCUT2D eigenvalue weighted by Crippen LogP contribution is -2.28. The highest BCUT2D eigenvalue weighted by Crippen LogP contribution is 2.22. The van der Waals surface area contributed by atoms with Crippen molar-refractivity contribution >= 4 is 27.1 Å². The first-order valence-corrected chi connectivity index (χ1v) is 9.65. The van der Waals surface area contributed by atoms with E-state index in [9.17, 15) is 13.2 Å². The second-order valence-electron chi connectivity index (χ2n) is 5.61. The Morgan fingerprint density at radius 3 is 2.52 bits per heavy atom. The summed E-state index contributed by atoms with van der Waals surface area (Å²) in [6.45, 7) is 5.47. The molecular formula is C16H20N2O3S2. The molecule has 1 aromatic heterocycles. The van der Waals surface area contributed by atoms with Crippen LogP contribution in [0.25, 0.3) is 0 Å². The van der Waals surface area contributed by atoms with Gasteiger partial charge in [-0.3, -0.25) is 4.79 Å². The number of benzene rings is 1. The molecule has 0 radical (unpaired) electrons. The Morgan fingerprint density at radius 1 is 1.30 bits per heavy atom. The van der Waals surface area contributed by atoms with Crippen molar-refractivity contribution in [1.82, 2.24) is 9.88 Å². The molecule has 1 aromatic carbocycles. The summed E-state index contributed by atoms with van der Waals surface area (Å²) in [5.74, 6) is -0.324. The van der Waals surface area contributed by atoms with E-state index in [4.69, 9.17) is 0 Å². The molecule has 2 rings (SSSR count). The SMILES string of the molecule is Cc1nc(CN(C)C(=O)c2ccccc2S(=O)(=O)C(C)C)cs1. The molecule has 1 heterocycles. The van der Waals surface area contributed by atoms with E-state index in [0.29, 0.717) is 6.54 Å². The maximum Gasteiger partial charge on any atom is 0.255 e. The van der Waals surface area contributed by atoms with Crippen molar-refractivity contribution in [2.24, 2.45) is 0 Å². The standard InChI is InChI=1S/C16H20N2O3S2/c1-11(2)23(20,21)15-8-6-5-7-14(15)16(19)18(4)9-13-10-22-12(3)17-13/h5-8,10-11H,9H2,1-4H3. The molecule has 5 nitrogen and oxygen atoms in total. The molecule has 0 aliphatic heterocycles. The lowest BCUT2D eigenvalue weighted by molar-refractivity contribution is 0.0779. The quantitative estimate of drug-likeness (QED) is 0.830. The number of carbonyl (C=O) groups excluding carboxylic acids is 1. The Balaban J connectivity index is 2.33. The van der Waals surface area contributed by atoms with Gasteiger partial charge in [0.05, 0.1) is 33.0 Å². The number of hydrogen-bond donors (Lipinski definition) is 0. The van der Waals surface area contributed by atoms with Gasteiger partial charge in [-0.2, -0.15) is 0 Å². The zero-order chi connectivity index (χ0) is 17.2. The maximum absolute atomic E-state index is 12.7. The highest BCUT2D eigenvalue weighted by Gasteiger charge is 2.26. The minimum absolute atomic E-state index is 0.0845. The second-order valence-corrected chi connectivity index (χ2v) is 9.14. The van der Waals surface area contributed by atoms with Gasteiger partial charge in [0.25, 0.3) is 5.91 Å². The first kappa shape index (κ1) is 17.6. The third kappa shape index (κ3) is 3.79. The van der Waals surface area contributed by atoms with Crippen LogP contribution in [0.3, 0.4) is 0 Å². The molecule has 0 bridgehead atoms. The van der Waals surface area contributed by atoms with Crippen molar-refractivity contribution in [2.75, 3.05) is 7.05 Å². The van der Waals surface area contributed by atoms with Crippen molar-refractivity contribution in [1.29, 1.82) is 0 Å². The minimum Gasteiger partial charge on any atom is -0.336 e. The second kappa shape index (κ2) is 6.80. The Bertz CT molecular complexity index is 810. The van der Waals surface area contributed by atoms with E-state index in [1.165, 1.54) is 22.3 Å². The molecule has 0 N–H and O–H groups in total. The molecule has 0 aliphatic carbocycles. The molecule has 0 saturated heterocycles. The molecule has 0 spiro atoms. The van der Waals surface area contributed by atoms with Gasteiger partial charge in [-0.15, -0.1) is 11.3 Å². The van der Waals surface area contributed by atoms with Crippen LogP contribution in [0.1, 0.15) is 34.9 Å². The van der Waals surface area contributed by atoms with Gasteiger partial charge in [0, 0.05) is 12.4 Å². The van der Waals surface area contributed by atoms with Gasteiger partial charge in [0.15, 0.2) is 9.84 Å². The third-order valence-electron chi connectivity index (χ3n) is 3.46. The van der Waals surface area contributed by atoms with Crippen molar-refractivity contribution in [2.45, 2.75) is 37.5 Å². The number of aromatic nitrogens is 1. The lowest BCUT2D eigenvalue weighted by Gasteiger charge is -2.19. The summed E-state index contributed by atoms with van der Waals surface area (Å²) in [6.07, 6.45) is 0. The Kier molecular flexibility index (Phi) is 5.21. The molecule has 124 valence electrons. The van der Waals surface area contributed by atoms with Gasteiger partial charge < -0.3 is 4.90 Å². The van der Waals surface area contributed by atoms with E-state index in [1.807, 2.05) is 12.3 Å². The molecule has 0 aliphatic rings. The number of rotatable bonds is 5. The Hall–Kier alpha value is -1.73. The summed E-state index contributed by atoms with van der Waals surface area (Å²) in [4.78, 5) is 18.6. The van der Waals surface area contributed by atoms with Crippen molar-refractivity contribution in [3.8, 4) is 0 Å². The summed E-state index contributed by atoms with van der Waals surface area (Å²) in [7, 11) is -1.87. The number of sulfone groups is 1. The largest absolute Gasteiger partial charge is 0.336 e. The zero-order valence-electron chi connectivity index (χ0n) is 13.6. The van der Waals surface area contributed by atoms with Crippen LogP contribution in [0, 0.1) is 6.92 Å². The number of thiazole rings is 1. The summed E-state index contributed by atoms with van der Waals surface area (Å²) >= 11 is 1.52. The summed E-state index contributed by atoms with van der Waals surface area (Å²) in [5.41, 5.74) is 1.00. The number of nitrogens with zero attached hydrogens (tertiary/aromatic N) is 2. The van der Waals surface area contributed by atoms with E-state index >= 15 is 0 Å². The minimum atomic E-state index is -3.52. The molecule has 23 heavy (non-hydrogen) atoms. The van der Waals surface area contributed by atoms with Crippen LogP contribution in [-0.4, -0.2) is 36.5 Å². The average Bonchev–Trinajstić information content (AvgIpc) is 2.91. The number of hydrogen-bond acceptors (Lipinski definition) is 5. The van der Waals surface area contributed by atoms with Crippen LogP contribution in [0.5, 0.6) is 0 Å². The van der Waals surface area contributed by atoms with Crippen LogP contribution < -0.4 is 0 Å². The van der Waals surface area contributed by atoms with Gasteiger partial charge in [-0.05, 0) is 32.9 Å². The Labute approximate surface area is 140 Å². The number of carbonyl (C=O) groups is 1. The fourth-order valence-corrected chi connectivity index (χ4v) is 3.99. The van der Waals surface area contributed by atoms with Crippen molar-refractivity contribution in [3.05, 3.63) is 45.9 Å². The van der Waals surface area contributed by atoms with Gasteiger partial charge in [-0.1, -0.05) is 12.1 Å². The van der Waals surface area contributed by atoms with Crippen LogP contribution in [0.4, 0.5) is 0 Å². The fraction of sp³-hybridized carbons (Fsp3) is 0.375. The van der Waals surface area contributed by atoms with Crippen LogP contribution in [0.15, 0.2) is 34.5 Å². The van der Waals surface area contributed by atoms with Crippen LogP contribution in [-0.2, 0) is 16.4 Å². The van der Waals surface area contributed by atoms with Crippen LogP contribution in [0.2, 0.25) is 0 Å². The van der Waals surface area contributed by atoms with E-state index in [-0.39, 0.29) is 16.4 Å². The van der Waals surface area contributed by atoms with Gasteiger partial charge in [0.1, 0.15) is 0 Å². The van der Waals surface area contributed by atoms with E-state index in [1.54, 1.807) is 39.1 Å². The van der Waals surface area contributed by atoms with E-state index in [0.717, 1.165) is 10.7 Å². The topological polar surface area (TPSA) is 67.3 Å². The van der Waals surface area contributed by atoms with E-state index < -0.39 is 15.1 Å².